The molecule has 0 bridgehead atoms. The van der Waals surface area contributed by atoms with E-state index < -0.39 is 0 Å². The molecule has 1 aliphatic rings. The Kier molecular flexibility index (Phi) is 2.62. The van der Waals surface area contributed by atoms with Gasteiger partial charge in [-0.15, -0.1) is 0 Å². The molecule has 0 radical (unpaired) electrons. The van der Waals surface area contributed by atoms with Gasteiger partial charge in [-0.05, 0) is 30.9 Å². The molecule has 0 unspecified atom stereocenters. The molecule has 0 saturated heterocycles. The molecular weight excluding hydrogens is 174 g/mol. The first-order valence-corrected chi connectivity index (χ1v) is 5.25. The zero-order valence-electron chi connectivity index (χ0n) is 8.62. The Morgan fingerprint density at radius 1 is 1.43 bits per heavy atom. The van der Waals surface area contributed by atoms with Crippen LogP contribution in [0.1, 0.15) is 24.8 Å². The summed E-state index contributed by atoms with van der Waals surface area (Å²) < 4.78 is 5.69. The molecule has 14 heavy (non-hydrogen) atoms. The summed E-state index contributed by atoms with van der Waals surface area (Å²) in [7, 11) is 0. The minimum absolute atomic E-state index is 0.751. The molecule has 2 rings (SSSR count). The van der Waals surface area contributed by atoms with Crippen LogP contribution in [0.15, 0.2) is 18.2 Å². The van der Waals surface area contributed by atoms with E-state index in [9.17, 15) is 0 Å². The van der Waals surface area contributed by atoms with Crippen molar-refractivity contribution in [3.05, 3.63) is 23.8 Å². The van der Waals surface area contributed by atoms with Crippen LogP contribution in [0.3, 0.4) is 0 Å². The summed E-state index contributed by atoms with van der Waals surface area (Å²) in [5.41, 5.74) is 7.71. The van der Waals surface area contributed by atoms with Gasteiger partial charge in [0.05, 0.1) is 12.3 Å². The number of nitrogens with two attached hydrogens (primary N) is 1. The van der Waals surface area contributed by atoms with Gasteiger partial charge in [0.25, 0.3) is 0 Å². The highest BCUT2D eigenvalue weighted by Crippen LogP contribution is 2.33. The number of hydrogen-bond donors (Lipinski definition) is 1. The largest absolute Gasteiger partial charge is 0.491 e. The number of benzene rings is 1. The van der Waals surface area contributed by atoms with E-state index in [-0.39, 0.29) is 0 Å². The van der Waals surface area contributed by atoms with Crippen molar-refractivity contribution in [2.45, 2.75) is 26.2 Å². The molecule has 2 heteroatoms. The van der Waals surface area contributed by atoms with Gasteiger partial charge in [-0.3, -0.25) is 0 Å². The van der Waals surface area contributed by atoms with Gasteiger partial charge in [0.2, 0.25) is 0 Å². The van der Waals surface area contributed by atoms with E-state index in [0.717, 1.165) is 29.5 Å². The van der Waals surface area contributed by atoms with Crippen molar-refractivity contribution in [2.24, 2.45) is 5.92 Å². The van der Waals surface area contributed by atoms with Gasteiger partial charge in [-0.1, -0.05) is 25.0 Å². The fourth-order valence-corrected chi connectivity index (χ4v) is 1.61. The van der Waals surface area contributed by atoms with E-state index in [2.05, 4.69) is 0 Å². The first-order chi connectivity index (χ1) is 6.77. The van der Waals surface area contributed by atoms with Crippen LogP contribution in [0, 0.1) is 12.8 Å². The second kappa shape index (κ2) is 3.91. The summed E-state index contributed by atoms with van der Waals surface area (Å²) in [5.74, 6) is 1.79. The maximum atomic E-state index is 5.83. The first-order valence-electron chi connectivity index (χ1n) is 5.25. The van der Waals surface area contributed by atoms with E-state index in [4.69, 9.17) is 10.5 Å². The highest BCUT2D eigenvalue weighted by atomic mass is 16.5. The molecule has 1 aliphatic carbocycles. The Hall–Kier alpha value is -1.18. The van der Waals surface area contributed by atoms with Crippen molar-refractivity contribution in [1.82, 2.24) is 0 Å². The lowest BCUT2D eigenvalue weighted by molar-refractivity contribution is 0.302. The average molecular weight is 191 g/mol. The highest BCUT2D eigenvalue weighted by molar-refractivity contribution is 5.56. The summed E-state index contributed by atoms with van der Waals surface area (Å²) in [5, 5.41) is 0. The molecule has 0 amide bonds. The van der Waals surface area contributed by atoms with Gasteiger partial charge in [-0.2, -0.15) is 0 Å². The Morgan fingerprint density at radius 2 is 2.21 bits per heavy atom. The van der Waals surface area contributed by atoms with Crippen molar-refractivity contribution < 1.29 is 4.74 Å². The molecule has 0 aliphatic heterocycles. The van der Waals surface area contributed by atoms with Crippen LogP contribution < -0.4 is 10.5 Å². The normalized spacial score (nSPS) is 15.5. The predicted molar refractivity (Wildman–Crippen MR) is 58.4 cm³/mol. The van der Waals surface area contributed by atoms with Crippen LogP contribution in [0.25, 0.3) is 0 Å². The van der Waals surface area contributed by atoms with E-state index in [1.807, 2.05) is 25.1 Å². The van der Waals surface area contributed by atoms with Crippen LogP contribution >= 0.6 is 0 Å². The molecule has 0 aromatic heterocycles. The second-order valence-electron chi connectivity index (χ2n) is 4.07. The van der Waals surface area contributed by atoms with Gasteiger partial charge < -0.3 is 10.5 Å². The Labute approximate surface area is 85.1 Å². The summed E-state index contributed by atoms with van der Waals surface area (Å²) in [6.45, 7) is 2.84. The third kappa shape index (κ3) is 2.19. The molecule has 1 saturated carbocycles. The summed E-state index contributed by atoms with van der Waals surface area (Å²) in [6, 6.07) is 5.88. The fourth-order valence-electron chi connectivity index (χ4n) is 1.61. The molecule has 2 N–H and O–H groups in total. The number of para-hydroxylation sites is 1. The molecule has 2 nitrogen and oxygen atoms in total. The number of aryl methyl sites for hydroxylation is 1. The number of ether oxygens (including phenoxy) is 1. The number of nitrogen functional groups attached to an aromatic ring is 1. The van der Waals surface area contributed by atoms with Crippen LogP contribution in [-0.2, 0) is 0 Å². The topological polar surface area (TPSA) is 35.2 Å². The number of hydrogen-bond acceptors (Lipinski definition) is 2. The van der Waals surface area contributed by atoms with Gasteiger partial charge in [0.15, 0.2) is 0 Å². The average Bonchev–Trinajstić information content (AvgIpc) is 2.94. The summed E-state index contributed by atoms with van der Waals surface area (Å²) >= 11 is 0. The van der Waals surface area contributed by atoms with E-state index in [1.165, 1.54) is 19.3 Å². The third-order valence-corrected chi connectivity index (χ3v) is 2.71. The Morgan fingerprint density at radius 3 is 2.86 bits per heavy atom. The SMILES string of the molecule is Cc1cccc(N)c1OCCC1CC1. The fraction of sp³-hybridized carbons (Fsp3) is 0.500. The van der Waals surface area contributed by atoms with Gasteiger partial charge in [0, 0.05) is 0 Å². The molecular formula is C12H17NO. The summed E-state index contributed by atoms with van der Waals surface area (Å²) in [4.78, 5) is 0. The molecule has 0 heterocycles. The van der Waals surface area contributed by atoms with Gasteiger partial charge >= 0.3 is 0 Å². The lowest BCUT2D eigenvalue weighted by Gasteiger charge is -2.10. The van der Waals surface area contributed by atoms with Gasteiger partial charge in [-0.25, -0.2) is 0 Å². The maximum Gasteiger partial charge on any atom is 0.145 e. The van der Waals surface area contributed by atoms with Crippen LogP contribution in [0.2, 0.25) is 0 Å². The van der Waals surface area contributed by atoms with Crippen LogP contribution in [-0.4, -0.2) is 6.61 Å². The molecule has 0 spiro atoms. The quantitative estimate of drug-likeness (QED) is 0.743. The monoisotopic (exact) mass is 191 g/mol. The molecule has 76 valence electrons. The van der Waals surface area contributed by atoms with E-state index in [0.29, 0.717) is 0 Å². The van der Waals surface area contributed by atoms with Crippen molar-refractivity contribution in [2.75, 3.05) is 12.3 Å². The standard InChI is InChI=1S/C12H17NO/c1-9-3-2-4-11(13)12(9)14-8-7-10-5-6-10/h2-4,10H,5-8,13H2,1H3. The molecule has 0 atom stereocenters. The molecule has 1 aromatic carbocycles. The smallest absolute Gasteiger partial charge is 0.145 e. The van der Waals surface area contributed by atoms with Crippen molar-refractivity contribution >= 4 is 5.69 Å². The van der Waals surface area contributed by atoms with Crippen LogP contribution in [0.5, 0.6) is 5.75 Å². The number of anilines is 1. The predicted octanol–water partition coefficient (Wildman–Crippen LogP) is 2.76. The Bertz CT molecular complexity index is 298. The minimum Gasteiger partial charge on any atom is -0.491 e. The highest BCUT2D eigenvalue weighted by Gasteiger charge is 2.20. The molecule has 1 fully saturated rings. The van der Waals surface area contributed by atoms with E-state index in [1.54, 1.807) is 0 Å². The first kappa shape index (κ1) is 9.38. The van der Waals surface area contributed by atoms with Crippen molar-refractivity contribution in [3.8, 4) is 5.75 Å². The second-order valence-corrected chi connectivity index (χ2v) is 4.07. The zero-order chi connectivity index (χ0) is 9.97. The van der Waals surface area contributed by atoms with E-state index >= 15 is 0 Å². The molecule has 1 aromatic rings. The lowest BCUT2D eigenvalue weighted by Crippen LogP contribution is -2.02. The third-order valence-electron chi connectivity index (χ3n) is 2.71. The Balaban J connectivity index is 1.92. The van der Waals surface area contributed by atoms with Crippen molar-refractivity contribution in [1.29, 1.82) is 0 Å². The maximum absolute atomic E-state index is 5.83. The minimum atomic E-state index is 0.751. The zero-order valence-corrected chi connectivity index (χ0v) is 8.62. The van der Waals surface area contributed by atoms with Crippen LogP contribution in [0.4, 0.5) is 5.69 Å². The lowest BCUT2D eigenvalue weighted by atomic mass is 10.2. The van der Waals surface area contributed by atoms with Gasteiger partial charge in [0.1, 0.15) is 5.75 Å². The number of rotatable bonds is 4. The van der Waals surface area contributed by atoms with Crippen molar-refractivity contribution in [3.63, 3.8) is 0 Å². The summed E-state index contributed by atoms with van der Waals surface area (Å²) in [6.07, 6.45) is 3.94.